The van der Waals surface area contributed by atoms with E-state index in [4.69, 9.17) is 5.73 Å². The first-order valence-corrected chi connectivity index (χ1v) is 9.51. The molecule has 4 rings (SSSR count). The smallest absolute Gasteiger partial charge is 0.325 e. The lowest BCUT2D eigenvalue weighted by Gasteiger charge is -2.20. The minimum absolute atomic E-state index is 0. The van der Waals surface area contributed by atoms with Crippen molar-refractivity contribution in [3.8, 4) is 22.5 Å². The van der Waals surface area contributed by atoms with Crippen LogP contribution in [0.4, 0.5) is 0 Å². The first-order valence-electron chi connectivity index (χ1n) is 9.51. The number of fused-ring (bicyclic) bond motifs is 1. The Morgan fingerprint density at radius 1 is 1.07 bits per heavy atom. The van der Waals surface area contributed by atoms with Gasteiger partial charge in [-0.25, -0.2) is 4.79 Å². The number of nitrogens with zero attached hydrogens (tertiary/aromatic N) is 2. The van der Waals surface area contributed by atoms with Crippen LogP contribution in [-0.2, 0) is 13.1 Å². The monoisotopic (exact) mass is 426 g/mol. The molecule has 0 bridgehead atoms. The molecule has 0 radical (unpaired) electrons. The summed E-state index contributed by atoms with van der Waals surface area (Å²) >= 11 is 0. The van der Waals surface area contributed by atoms with Crippen molar-refractivity contribution in [2.45, 2.75) is 26.9 Å². The van der Waals surface area contributed by atoms with E-state index in [1.807, 2.05) is 36.4 Å². The minimum atomic E-state index is -0.627. The number of benzene rings is 2. The number of nitrogens with two attached hydrogens (primary N) is 1. The van der Waals surface area contributed by atoms with Gasteiger partial charge < -0.3 is 10.3 Å². The molecule has 2 aromatic carbocycles. The van der Waals surface area contributed by atoms with Crippen molar-refractivity contribution < 1.29 is 4.52 Å². The summed E-state index contributed by atoms with van der Waals surface area (Å²) < 4.78 is 6.42. The molecule has 2 heterocycles. The van der Waals surface area contributed by atoms with Crippen LogP contribution in [0.15, 0.2) is 62.6 Å². The third-order valence-electron chi connectivity index (χ3n) is 4.90. The van der Waals surface area contributed by atoms with Crippen molar-refractivity contribution >= 4 is 23.2 Å². The van der Waals surface area contributed by atoms with Crippen molar-refractivity contribution in [1.82, 2.24) is 14.7 Å². The zero-order valence-electron chi connectivity index (χ0n) is 16.7. The van der Waals surface area contributed by atoms with E-state index < -0.39 is 5.76 Å². The van der Waals surface area contributed by atoms with Crippen LogP contribution in [0.5, 0.6) is 0 Å². The number of H-pyrrole nitrogens is 1. The molecule has 0 amide bonds. The molecule has 0 fully saturated rings. The van der Waals surface area contributed by atoms with Crippen LogP contribution in [0.1, 0.15) is 19.5 Å². The van der Waals surface area contributed by atoms with E-state index in [0.717, 1.165) is 22.2 Å². The van der Waals surface area contributed by atoms with E-state index in [9.17, 15) is 9.59 Å². The second-order valence-electron chi connectivity index (χ2n) is 7.41. The highest BCUT2D eigenvalue weighted by Gasteiger charge is 2.19. The van der Waals surface area contributed by atoms with Crippen molar-refractivity contribution in [3.05, 3.63) is 75.1 Å². The Morgan fingerprint density at radius 3 is 2.40 bits per heavy atom. The maximum absolute atomic E-state index is 13.3. The van der Waals surface area contributed by atoms with Gasteiger partial charge in [0.2, 0.25) is 0 Å². The summed E-state index contributed by atoms with van der Waals surface area (Å²) in [6.07, 6.45) is 0. The Balaban J connectivity index is 0.00000256. The van der Waals surface area contributed by atoms with Gasteiger partial charge in [-0.05, 0) is 29.0 Å². The van der Waals surface area contributed by atoms with Crippen molar-refractivity contribution in [2.24, 2.45) is 11.7 Å². The number of pyridine rings is 1. The molecule has 0 aliphatic heterocycles. The number of hydrogen-bond acceptors (Lipinski definition) is 5. The van der Waals surface area contributed by atoms with E-state index in [0.29, 0.717) is 29.2 Å². The summed E-state index contributed by atoms with van der Waals surface area (Å²) in [4.78, 5) is 27.2. The van der Waals surface area contributed by atoms with Gasteiger partial charge in [0, 0.05) is 35.3 Å². The molecular weight excluding hydrogens is 404 g/mol. The van der Waals surface area contributed by atoms with Crippen LogP contribution in [0.25, 0.3) is 33.3 Å². The average molecular weight is 427 g/mol. The van der Waals surface area contributed by atoms with Crippen LogP contribution in [-0.4, -0.2) is 14.7 Å². The van der Waals surface area contributed by atoms with E-state index in [2.05, 4.69) is 28.5 Å². The summed E-state index contributed by atoms with van der Waals surface area (Å²) in [5.74, 6) is -0.0199. The van der Waals surface area contributed by atoms with E-state index in [-0.39, 0.29) is 24.5 Å². The van der Waals surface area contributed by atoms with Crippen LogP contribution in [0.3, 0.4) is 0 Å². The predicted octanol–water partition coefficient (Wildman–Crippen LogP) is 3.55. The number of halogens is 1. The molecule has 0 aliphatic rings. The highest BCUT2D eigenvalue weighted by molar-refractivity contribution is 5.99. The van der Waals surface area contributed by atoms with Crippen LogP contribution in [0.2, 0.25) is 0 Å². The predicted molar refractivity (Wildman–Crippen MR) is 120 cm³/mol. The van der Waals surface area contributed by atoms with Crippen molar-refractivity contribution in [3.63, 3.8) is 0 Å². The van der Waals surface area contributed by atoms with Crippen molar-refractivity contribution in [2.75, 3.05) is 0 Å². The van der Waals surface area contributed by atoms with E-state index in [1.54, 1.807) is 16.7 Å². The normalized spacial score (nSPS) is 11.1. The highest BCUT2D eigenvalue weighted by Crippen LogP contribution is 2.33. The Kier molecular flexibility index (Phi) is 6.24. The highest BCUT2D eigenvalue weighted by atomic mass is 35.5. The molecule has 0 unspecified atom stereocenters. The second kappa shape index (κ2) is 8.69. The number of nitrogens with one attached hydrogen (secondary N) is 1. The Hall–Kier alpha value is -3.16. The fraction of sp³-hybridized carbons (Fsp3) is 0.227. The Bertz CT molecular complexity index is 1290. The third-order valence-corrected chi connectivity index (χ3v) is 4.90. The first-order chi connectivity index (χ1) is 14.0. The van der Waals surface area contributed by atoms with Gasteiger partial charge >= 0.3 is 5.76 Å². The molecule has 3 N–H and O–H groups in total. The van der Waals surface area contributed by atoms with Gasteiger partial charge in [-0.15, -0.1) is 12.4 Å². The van der Waals surface area contributed by atoms with Gasteiger partial charge in [-0.1, -0.05) is 55.4 Å². The number of rotatable bonds is 5. The molecule has 2 aromatic heterocycles. The first kappa shape index (κ1) is 21.5. The summed E-state index contributed by atoms with van der Waals surface area (Å²) in [6.45, 7) is 4.96. The molecule has 30 heavy (non-hydrogen) atoms. The largest absolute Gasteiger partial charge is 0.439 e. The lowest BCUT2D eigenvalue weighted by molar-refractivity contribution is 0.388. The molecule has 0 atom stereocenters. The average Bonchev–Trinajstić information content (AvgIpc) is 3.16. The van der Waals surface area contributed by atoms with Gasteiger partial charge in [-0.2, -0.15) is 0 Å². The number of aromatic amines is 1. The van der Waals surface area contributed by atoms with Crippen LogP contribution >= 0.6 is 12.4 Å². The zero-order valence-corrected chi connectivity index (χ0v) is 17.5. The molecule has 0 saturated heterocycles. The standard InChI is InChI=1S/C22H22N4O3.ClH/c1-13(2)12-26-18(11-23)19(14-6-4-3-5-7-14)17-10-15(8-9-16(17)21(26)27)20-24-22(28)29-25-20;/h3-10,13H,11-12,23H2,1-2H3,(H,24,25,28);1H. The number of hydrogen-bond donors (Lipinski definition) is 2. The number of aromatic nitrogens is 3. The molecule has 8 heteroatoms. The Labute approximate surface area is 178 Å². The summed E-state index contributed by atoms with van der Waals surface area (Å²) in [7, 11) is 0. The molecule has 0 aliphatic carbocycles. The molecule has 4 aromatic rings. The third kappa shape index (κ3) is 3.81. The maximum Gasteiger partial charge on any atom is 0.439 e. The molecule has 7 nitrogen and oxygen atoms in total. The zero-order chi connectivity index (χ0) is 20.5. The second-order valence-corrected chi connectivity index (χ2v) is 7.41. The van der Waals surface area contributed by atoms with E-state index >= 15 is 0 Å². The Morgan fingerprint density at radius 2 is 1.80 bits per heavy atom. The van der Waals surface area contributed by atoms with E-state index in [1.165, 1.54) is 0 Å². The minimum Gasteiger partial charge on any atom is -0.325 e. The van der Waals surface area contributed by atoms with Gasteiger partial charge in [-0.3, -0.25) is 14.3 Å². The molecule has 0 saturated carbocycles. The molecule has 0 spiro atoms. The lowest BCUT2D eigenvalue weighted by Crippen LogP contribution is -2.28. The molecular formula is C22H23ClN4O3. The van der Waals surface area contributed by atoms with Crippen molar-refractivity contribution in [1.29, 1.82) is 0 Å². The maximum atomic E-state index is 13.3. The summed E-state index contributed by atoms with van der Waals surface area (Å²) in [6, 6.07) is 15.2. The lowest BCUT2D eigenvalue weighted by atomic mass is 9.95. The van der Waals surface area contributed by atoms with Gasteiger partial charge in [0.15, 0.2) is 5.82 Å². The quantitative estimate of drug-likeness (QED) is 0.507. The van der Waals surface area contributed by atoms with Gasteiger partial charge in [0.05, 0.1) is 0 Å². The summed E-state index contributed by atoms with van der Waals surface area (Å²) in [5.41, 5.74) is 9.40. The van der Waals surface area contributed by atoms with Crippen LogP contribution < -0.4 is 17.0 Å². The fourth-order valence-electron chi connectivity index (χ4n) is 3.69. The van der Waals surface area contributed by atoms with Gasteiger partial charge in [0.25, 0.3) is 5.56 Å². The fourth-order valence-corrected chi connectivity index (χ4v) is 3.69. The van der Waals surface area contributed by atoms with Gasteiger partial charge in [0.1, 0.15) is 0 Å². The SMILES string of the molecule is CC(C)Cn1c(CN)c(-c2ccccc2)c2cc(-c3noc(=O)[nH]3)ccc2c1=O.Cl. The van der Waals surface area contributed by atoms with Crippen LogP contribution in [0, 0.1) is 5.92 Å². The molecule has 156 valence electrons. The summed E-state index contributed by atoms with van der Waals surface area (Å²) in [5, 5.41) is 5.13. The topological polar surface area (TPSA) is 107 Å².